The van der Waals surface area contributed by atoms with Gasteiger partial charge in [-0.3, -0.25) is 5.01 Å². The quantitative estimate of drug-likeness (QED) is 0.366. The number of hydrazone groups is 1. The largest absolute Gasteiger partial charge is 0.492 e. The maximum atomic E-state index is 12.9. The molecule has 0 bridgehead atoms. The third-order valence-electron chi connectivity index (χ3n) is 6.02. The van der Waals surface area contributed by atoms with Crippen molar-refractivity contribution in [3.63, 3.8) is 0 Å². The average Bonchev–Trinajstić information content (AvgIpc) is 2.88. The summed E-state index contributed by atoms with van der Waals surface area (Å²) in [4.78, 5) is 11.1. The van der Waals surface area contributed by atoms with E-state index < -0.39 is 15.1 Å². The number of nitrogens with one attached hydrogen (secondary N) is 2. The van der Waals surface area contributed by atoms with Gasteiger partial charge in [0.15, 0.2) is 15.7 Å². The first-order chi connectivity index (χ1) is 18.1. The number of benzene rings is 2. The van der Waals surface area contributed by atoms with Gasteiger partial charge in [-0.2, -0.15) is 10.1 Å². The Kier molecular flexibility index (Phi) is 8.27. The summed E-state index contributed by atoms with van der Waals surface area (Å²) in [7, 11) is -1.59. The van der Waals surface area contributed by atoms with Gasteiger partial charge in [0, 0.05) is 25.3 Å². The molecule has 12 heteroatoms. The number of nitrogens with zero attached hydrogens (tertiary/aromatic N) is 5. The van der Waals surface area contributed by atoms with Crippen molar-refractivity contribution in [2.24, 2.45) is 5.10 Å². The molecule has 0 saturated carbocycles. The van der Waals surface area contributed by atoms with Gasteiger partial charge < -0.3 is 20.3 Å². The summed E-state index contributed by atoms with van der Waals surface area (Å²) in [6, 6.07) is 10.6. The molecule has 38 heavy (non-hydrogen) atoms. The zero-order valence-corrected chi connectivity index (χ0v) is 23.6. The molecular weight excluding hydrogens is 526 g/mol. The van der Waals surface area contributed by atoms with E-state index in [1.54, 1.807) is 38.1 Å². The minimum Gasteiger partial charge on any atom is -0.492 e. The first-order valence-electron chi connectivity index (χ1n) is 12.3. The first kappa shape index (κ1) is 27.5. The summed E-state index contributed by atoms with van der Waals surface area (Å²) in [6.45, 7) is 9.33. The number of sulfone groups is 1. The fraction of sp³-hybridized carbons (Fsp3) is 0.346. The van der Waals surface area contributed by atoms with Crippen LogP contribution in [-0.2, 0) is 9.84 Å². The molecule has 1 aromatic heterocycles. The summed E-state index contributed by atoms with van der Waals surface area (Å²) in [5.41, 5.74) is 3.09. The van der Waals surface area contributed by atoms with Gasteiger partial charge in [0.2, 0.25) is 5.95 Å². The Morgan fingerprint density at radius 2 is 1.89 bits per heavy atom. The molecule has 4 rings (SSSR count). The number of aryl methyl sites for hydroxylation is 1. The molecule has 0 aliphatic carbocycles. The molecule has 0 radical (unpaired) electrons. The summed E-state index contributed by atoms with van der Waals surface area (Å²) in [6.07, 6.45) is 3.27. The van der Waals surface area contributed by atoms with E-state index in [1.807, 2.05) is 44.4 Å². The molecule has 202 valence electrons. The number of hydrogen-bond donors (Lipinski definition) is 2. The molecule has 2 N–H and O–H groups in total. The molecule has 0 unspecified atom stereocenters. The van der Waals surface area contributed by atoms with E-state index in [0.717, 1.165) is 24.3 Å². The van der Waals surface area contributed by atoms with Gasteiger partial charge in [0.25, 0.3) is 0 Å². The van der Waals surface area contributed by atoms with Crippen molar-refractivity contribution in [1.82, 2.24) is 15.0 Å². The predicted molar refractivity (Wildman–Crippen MR) is 153 cm³/mol. The smallest absolute Gasteiger partial charge is 0.229 e. The third kappa shape index (κ3) is 5.94. The van der Waals surface area contributed by atoms with Gasteiger partial charge in [-0.15, -0.1) is 0 Å². The second-order valence-corrected chi connectivity index (χ2v) is 12.0. The zero-order valence-electron chi connectivity index (χ0n) is 22.1. The molecule has 0 fully saturated rings. The highest BCUT2D eigenvalue weighted by molar-refractivity contribution is 7.92. The Labute approximate surface area is 228 Å². The normalized spacial score (nSPS) is 13.7. The molecule has 10 nitrogen and oxygen atoms in total. The number of rotatable bonds is 9. The van der Waals surface area contributed by atoms with Crippen molar-refractivity contribution in [3.8, 4) is 5.75 Å². The monoisotopic (exact) mass is 557 g/mol. The van der Waals surface area contributed by atoms with Crippen LogP contribution in [0, 0.1) is 6.92 Å². The first-order valence-corrected chi connectivity index (χ1v) is 14.2. The van der Waals surface area contributed by atoms with E-state index in [0.29, 0.717) is 23.7 Å². The Morgan fingerprint density at radius 3 is 2.58 bits per heavy atom. The van der Waals surface area contributed by atoms with E-state index in [9.17, 15) is 8.42 Å². The maximum absolute atomic E-state index is 12.9. The molecule has 2 aromatic carbocycles. The van der Waals surface area contributed by atoms with Crippen molar-refractivity contribution < 1.29 is 13.2 Å². The number of ether oxygens (including phenoxy) is 1. The molecule has 0 amide bonds. The van der Waals surface area contributed by atoms with E-state index in [4.69, 9.17) is 16.3 Å². The second kappa shape index (κ2) is 11.4. The molecule has 1 aliphatic rings. The molecule has 0 spiro atoms. The van der Waals surface area contributed by atoms with Crippen molar-refractivity contribution in [1.29, 1.82) is 0 Å². The minimum absolute atomic E-state index is 0.177. The van der Waals surface area contributed by atoms with Crippen LogP contribution in [-0.4, -0.2) is 61.7 Å². The van der Waals surface area contributed by atoms with Crippen LogP contribution in [0.1, 0.15) is 26.3 Å². The average molecular weight is 558 g/mol. The lowest BCUT2D eigenvalue weighted by Gasteiger charge is -2.29. The standard InChI is InChI=1S/C26H32ClN7O3S/c1-6-37-23-14-22(34-12-11-33(5)29-16-34)18(4)13-21(23)31-26-28-15-19(27)25(32-26)30-20-9-7-8-10-24(20)38(35,36)17(2)3/h7-10,13-17H,6,11-12H2,1-5H3,(H2,28,30,31,32). The zero-order chi connectivity index (χ0) is 27.4. The fourth-order valence-corrected chi connectivity index (χ4v) is 5.24. The molecule has 0 saturated heterocycles. The molecular formula is C26H32ClN7O3S. The number of para-hydroxylation sites is 1. The van der Waals surface area contributed by atoms with Gasteiger partial charge in [-0.1, -0.05) is 23.7 Å². The van der Waals surface area contributed by atoms with Crippen LogP contribution in [0.3, 0.4) is 0 Å². The summed E-state index contributed by atoms with van der Waals surface area (Å²) < 4.78 is 31.7. The van der Waals surface area contributed by atoms with Crippen LogP contribution < -0.4 is 20.3 Å². The molecule has 3 aromatic rings. The summed E-state index contributed by atoms with van der Waals surface area (Å²) >= 11 is 6.39. The molecule has 0 atom stereocenters. The van der Waals surface area contributed by atoms with Crippen LogP contribution in [0.15, 0.2) is 52.6 Å². The van der Waals surface area contributed by atoms with Gasteiger partial charge in [0.05, 0.1) is 40.9 Å². The number of halogens is 1. The van der Waals surface area contributed by atoms with Gasteiger partial charge in [-0.25, -0.2) is 13.4 Å². The minimum atomic E-state index is -3.53. The Bertz CT molecular complexity index is 1450. The Morgan fingerprint density at radius 1 is 1.13 bits per heavy atom. The lowest BCUT2D eigenvalue weighted by atomic mass is 10.1. The summed E-state index contributed by atoms with van der Waals surface area (Å²) in [5, 5.41) is 12.2. The highest BCUT2D eigenvalue weighted by Crippen LogP contribution is 2.36. The van der Waals surface area contributed by atoms with Crippen LogP contribution in [0.2, 0.25) is 5.02 Å². The van der Waals surface area contributed by atoms with E-state index >= 15 is 0 Å². The highest BCUT2D eigenvalue weighted by atomic mass is 35.5. The highest BCUT2D eigenvalue weighted by Gasteiger charge is 2.23. The lowest BCUT2D eigenvalue weighted by molar-refractivity contribution is 0.341. The molecule has 2 heterocycles. The third-order valence-corrected chi connectivity index (χ3v) is 8.50. The van der Waals surface area contributed by atoms with Crippen LogP contribution >= 0.6 is 11.6 Å². The number of anilines is 5. The van der Waals surface area contributed by atoms with Crippen molar-refractivity contribution >= 4 is 56.6 Å². The van der Waals surface area contributed by atoms with Crippen molar-refractivity contribution in [2.75, 3.05) is 42.3 Å². The molecule has 1 aliphatic heterocycles. The van der Waals surface area contributed by atoms with Crippen LogP contribution in [0.5, 0.6) is 5.75 Å². The Balaban J connectivity index is 1.65. The van der Waals surface area contributed by atoms with Gasteiger partial charge in [-0.05, 0) is 51.5 Å². The topological polar surface area (TPSA) is 112 Å². The van der Waals surface area contributed by atoms with E-state index in [2.05, 4.69) is 30.6 Å². The van der Waals surface area contributed by atoms with Gasteiger partial charge in [0.1, 0.15) is 17.1 Å². The van der Waals surface area contributed by atoms with Crippen LogP contribution in [0.4, 0.5) is 28.8 Å². The van der Waals surface area contributed by atoms with E-state index in [1.165, 1.54) is 6.20 Å². The number of aromatic nitrogens is 2. The number of hydrogen-bond acceptors (Lipinski definition) is 10. The summed E-state index contributed by atoms with van der Waals surface area (Å²) in [5.74, 6) is 1.19. The maximum Gasteiger partial charge on any atom is 0.229 e. The van der Waals surface area contributed by atoms with Crippen molar-refractivity contribution in [3.05, 3.63) is 53.2 Å². The predicted octanol–water partition coefficient (Wildman–Crippen LogP) is 5.20. The second-order valence-electron chi connectivity index (χ2n) is 9.10. The SMILES string of the molecule is CCOc1cc(N2C=NN(C)CC2)c(C)cc1Nc1ncc(Cl)c(Nc2ccccc2S(=O)(=O)C(C)C)n1. The Hall–Kier alpha value is -3.57. The van der Waals surface area contributed by atoms with Gasteiger partial charge >= 0.3 is 0 Å². The van der Waals surface area contributed by atoms with E-state index in [-0.39, 0.29) is 21.7 Å². The van der Waals surface area contributed by atoms with Crippen molar-refractivity contribution in [2.45, 2.75) is 37.8 Å². The number of likely N-dealkylation sites (N-methyl/N-ethyl adjacent to an activating group) is 1. The van der Waals surface area contributed by atoms with Crippen LogP contribution in [0.25, 0.3) is 0 Å². The fourth-order valence-electron chi connectivity index (χ4n) is 3.90. The lowest BCUT2D eigenvalue weighted by Crippen LogP contribution is -2.36.